The van der Waals surface area contributed by atoms with Gasteiger partial charge in [0.25, 0.3) is 5.91 Å². The van der Waals surface area contributed by atoms with Crippen molar-refractivity contribution in [2.24, 2.45) is 0 Å². The van der Waals surface area contributed by atoms with Gasteiger partial charge in [-0.1, -0.05) is 11.6 Å². The summed E-state index contributed by atoms with van der Waals surface area (Å²) in [6.07, 6.45) is 10.4. The first-order valence-electron chi connectivity index (χ1n) is 6.77. The topological polar surface area (TPSA) is 38.1 Å². The fraction of sp³-hybridized carbons (Fsp3) is 0.250. The Morgan fingerprint density at radius 3 is 2.80 bits per heavy atom. The van der Waals surface area contributed by atoms with Gasteiger partial charge in [0.1, 0.15) is 0 Å². The number of hydrogen-bond acceptors (Lipinski definition) is 2. The molecule has 20 heavy (non-hydrogen) atoms. The average molecular weight is 267 g/mol. The second-order valence-electron chi connectivity index (χ2n) is 5.09. The van der Waals surface area contributed by atoms with Gasteiger partial charge in [-0.2, -0.15) is 0 Å². The number of aromatic nitrogens is 2. The molecule has 1 amide bonds. The summed E-state index contributed by atoms with van der Waals surface area (Å²) in [5.41, 5.74) is 2.80. The van der Waals surface area contributed by atoms with E-state index in [1.165, 1.54) is 5.57 Å². The molecule has 1 aliphatic heterocycles. The van der Waals surface area contributed by atoms with Crippen molar-refractivity contribution in [3.63, 3.8) is 0 Å². The maximum absolute atomic E-state index is 12.5. The minimum Gasteiger partial charge on any atom is -0.334 e. The Kier molecular flexibility index (Phi) is 3.37. The number of carbonyl (C=O) groups is 1. The highest BCUT2D eigenvalue weighted by molar-refractivity contribution is 5.94. The highest BCUT2D eigenvalue weighted by atomic mass is 16.2. The monoisotopic (exact) mass is 267 g/mol. The normalized spacial score (nSPS) is 15.1. The third-order valence-corrected chi connectivity index (χ3v) is 3.49. The lowest BCUT2D eigenvalue weighted by molar-refractivity contribution is 0.0765. The van der Waals surface area contributed by atoms with Crippen LogP contribution in [0.1, 0.15) is 23.7 Å². The first-order valence-corrected chi connectivity index (χ1v) is 6.77. The quantitative estimate of drug-likeness (QED) is 0.785. The summed E-state index contributed by atoms with van der Waals surface area (Å²) in [6.45, 7) is 3.56. The van der Waals surface area contributed by atoms with Gasteiger partial charge in [0, 0.05) is 31.7 Å². The molecule has 1 aliphatic rings. The fourth-order valence-electron chi connectivity index (χ4n) is 2.46. The van der Waals surface area contributed by atoms with Crippen molar-refractivity contribution < 1.29 is 4.79 Å². The minimum atomic E-state index is 0.0546. The Hall–Kier alpha value is -2.36. The second-order valence-corrected chi connectivity index (χ2v) is 5.09. The molecule has 4 heteroatoms. The Morgan fingerprint density at radius 1 is 1.25 bits per heavy atom. The minimum absolute atomic E-state index is 0.0546. The summed E-state index contributed by atoms with van der Waals surface area (Å²) < 4.78 is 1.95. The van der Waals surface area contributed by atoms with Gasteiger partial charge in [0.15, 0.2) is 0 Å². The van der Waals surface area contributed by atoms with E-state index in [1.54, 1.807) is 12.4 Å². The van der Waals surface area contributed by atoms with Gasteiger partial charge >= 0.3 is 0 Å². The van der Waals surface area contributed by atoms with Crippen LogP contribution in [0.15, 0.2) is 54.6 Å². The van der Waals surface area contributed by atoms with E-state index >= 15 is 0 Å². The zero-order valence-corrected chi connectivity index (χ0v) is 11.5. The predicted octanol–water partition coefficient (Wildman–Crippen LogP) is 2.66. The van der Waals surface area contributed by atoms with Crippen LogP contribution in [0.2, 0.25) is 0 Å². The Balaban J connectivity index is 1.85. The van der Waals surface area contributed by atoms with Gasteiger partial charge in [0.05, 0.1) is 17.4 Å². The molecule has 0 saturated heterocycles. The molecular weight excluding hydrogens is 250 g/mol. The number of nitrogens with zero attached hydrogens (tertiary/aromatic N) is 3. The van der Waals surface area contributed by atoms with Crippen LogP contribution in [0, 0.1) is 0 Å². The van der Waals surface area contributed by atoms with Gasteiger partial charge in [-0.3, -0.25) is 9.78 Å². The SMILES string of the molecule is CC1=CCCN(C(=O)c2cncc(-n3cccc3)c2)C1. The van der Waals surface area contributed by atoms with E-state index in [2.05, 4.69) is 18.0 Å². The van der Waals surface area contributed by atoms with Crippen LogP contribution in [0.25, 0.3) is 5.69 Å². The molecule has 0 fully saturated rings. The molecule has 0 atom stereocenters. The first kappa shape index (κ1) is 12.7. The zero-order chi connectivity index (χ0) is 13.9. The van der Waals surface area contributed by atoms with Crippen LogP contribution >= 0.6 is 0 Å². The Morgan fingerprint density at radius 2 is 2.05 bits per heavy atom. The molecule has 0 N–H and O–H groups in total. The molecule has 0 bridgehead atoms. The Bertz CT molecular complexity index is 644. The number of amides is 1. The number of pyridine rings is 1. The molecule has 0 aromatic carbocycles. The standard InChI is InChI=1S/C16H17N3O/c1-13-5-4-8-19(12-13)16(20)14-9-15(11-17-10-14)18-6-2-3-7-18/h2-3,5-7,9-11H,4,8,12H2,1H3. The predicted molar refractivity (Wildman–Crippen MR) is 77.8 cm³/mol. The van der Waals surface area contributed by atoms with Gasteiger partial charge < -0.3 is 9.47 Å². The van der Waals surface area contributed by atoms with Crippen molar-refractivity contribution in [3.8, 4) is 5.69 Å². The lowest BCUT2D eigenvalue weighted by Crippen LogP contribution is -2.35. The summed E-state index contributed by atoms with van der Waals surface area (Å²) in [7, 11) is 0. The van der Waals surface area contributed by atoms with Crippen molar-refractivity contribution in [2.75, 3.05) is 13.1 Å². The summed E-state index contributed by atoms with van der Waals surface area (Å²) in [6, 6.07) is 5.80. The fourth-order valence-corrected chi connectivity index (χ4v) is 2.46. The van der Waals surface area contributed by atoms with Crippen LogP contribution in [-0.2, 0) is 0 Å². The number of rotatable bonds is 2. The molecule has 0 radical (unpaired) electrons. The third-order valence-electron chi connectivity index (χ3n) is 3.49. The van der Waals surface area contributed by atoms with Gasteiger partial charge in [-0.15, -0.1) is 0 Å². The molecular formula is C16H17N3O. The van der Waals surface area contributed by atoms with Crippen LogP contribution in [0.3, 0.4) is 0 Å². The van der Waals surface area contributed by atoms with E-state index < -0.39 is 0 Å². The maximum Gasteiger partial charge on any atom is 0.255 e. The van der Waals surface area contributed by atoms with E-state index in [-0.39, 0.29) is 5.91 Å². The summed E-state index contributed by atoms with van der Waals surface area (Å²) >= 11 is 0. The van der Waals surface area contributed by atoms with Crippen LogP contribution in [-0.4, -0.2) is 33.4 Å². The molecule has 102 valence electrons. The summed E-state index contributed by atoms with van der Waals surface area (Å²) in [4.78, 5) is 18.6. The lowest BCUT2D eigenvalue weighted by atomic mass is 10.1. The highest BCUT2D eigenvalue weighted by Crippen LogP contribution is 2.15. The van der Waals surface area contributed by atoms with Crippen LogP contribution < -0.4 is 0 Å². The highest BCUT2D eigenvalue weighted by Gasteiger charge is 2.18. The summed E-state index contributed by atoms with van der Waals surface area (Å²) in [5, 5.41) is 0. The molecule has 0 saturated carbocycles. The molecule has 0 unspecified atom stereocenters. The van der Waals surface area contributed by atoms with Crippen molar-refractivity contribution in [2.45, 2.75) is 13.3 Å². The Labute approximate surface area is 118 Å². The zero-order valence-electron chi connectivity index (χ0n) is 11.5. The van der Waals surface area contributed by atoms with Gasteiger partial charge in [-0.25, -0.2) is 0 Å². The van der Waals surface area contributed by atoms with Gasteiger partial charge in [0.2, 0.25) is 0 Å². The van der Waals surface area contributed by atoms with Crippen LogP contribution in [0.4, 0.5) is 0 Å². The molecule has 3 rings (SSSR count). The van der Waals surface area contributed by atoms with Crippen molar-refractivity contribution >= 4 is 5.91 Å². The average Bonchev–Trinajstić information content (AvgIpc) is 3.01. The summed E-state index contributed by atoms with van der Waals surface area (Å²) in [5.74, 6) is 0.0546. The molecule has 3 heterocycles. The van der Waals surface area contributed by atoms with E-state index in [1.807, 2.05) is 40.1 Å². The molecule has 0 spiro atoms. The van der Waals surface area contributed by atoms with E-state index in [0.717, 1.165) is 18.7 Å². The van der Waals surface area contributed by atoms with E-state index in [9.17, 15) is 4.79 Å². The number of carbonyl (C=O) groups excluding carboxylic acids is 1. The lowest BCUT2D eigenvalue weighted by Gasteiger charge is -2.26. The number of hydrogen-bond donors (Lipinski definition) is 0. The largest absolute Gasteiger partial charge is 0.334 e. The van der Waals surface area contributed by atoms with Crippen molar-refractivity contribution in [3.05, 3.63) is 60.2 Å². The maximum atomic E-state index is 12.5. The van der Waals surface area contributed by atoms with E-state index in [0.29, 0.717) is 12.1 Å². The van der Waals surface area contributed by atoms with Crippen LogP contribution in [0.5, 0.6) is 0 Å². The first-order chi connectivity index (χ1) is 9.74. The molecule has 0 aliphatic carbocycles. The molecule has 2 aromatic rings. The smallest absolute Gasteiger partial charge is 0.255 e. The van der Waals surface area contributed by atoms with Crippen molar-refractivity contribution in [1.82, 2.24) is 14.5 Å². The molecule has 2 aromatic heterocycles. The van der Waals surface area contributed by atoms with Crippen molar-refractivity contribution in [1.29, 1.82) is 0 Å². The third kappa shape index (κ3) is 2.50. The van der Waals surface area contributed by atoms with Gasteiger partial charge in [-0.05, 0) is 31.5 Å². The second kappa shape index (κ2) is 5.33. The molecule has 4 nitrogen and oxygen atoms in total. The van der Waals surface area contributed by atoms with E-state index in [4.69, 9.17) is 0 Å².